The van der Waals surface area contributed by atoms with Crippen LogP contribution in [0.1, 0.15) is 19.4 Å². The highest BCUT2D eigenvalue weighted by atomic mass is 79.9. The Labute approximate surface area is 110 Å². The molecule has 0 aliphatic rings. The lowest BCUT2D eigenvalue weighted by atomic mass is 10.2. The van der Waals surface area contributed by atoms with Crippen LogP contribution in [-0.4, -0.2) is 19.4 Å². The highest BCUT2D eigenvalue weighted by Gasteiger charge is 2.21. The molecular formula is C11H15BrNO3P. The third kappa shape index (κ3) is 5.13. The molecule has 0 heterocycles. The van der Waals surface area contributed by atoms with Crippen molar-refractivity contribution in [2.24, 2.45) is 4.76 Å². The normalized spacial score (nSPS) is 12.2. The van der Waals surface area contributed by atoms with Crippen LogP contribution in [0.4, 0.5) is 0 Å². The van der Waals surface area contributed by atoms with Crippen molar-refractivity contribution in [1.82, 2.24) is 0 Å². The van der Waals surface area contributed by atoms with E-state index < -0.39 is 7.75 Å². The van der Waals surface area contributed by atoms with Gasteiger partial charge >= 0.3 is 7.75 Å². The molecule has 0 aromatic heterocycles. The van der Waals surface area contributed by atoms with Crippen molar-refractivity contribution < 1.29 is 13.6 Å². The molecule has 1 aromatic carbocycles. The molecular weight excluding hydrogens is 305 g/mol. The zero-order valence-electron chi connectivity index (χ0n) is 9.80. The van der Waals surface area contributed by atoms with Gasteiger partial charge in [0.05, 0.1) is 13.2 Å². The largest absolute Gasteiger partial charge is 0.453 e. The average molecular weight is 320 g/mol. The quantitative estimate of drug-likeness (QED) is 0.587. The zero-order valence-corrected chi connectivity index (χ0v) is 12.3. The fraction of sp³-hybridized carbons (Fsp3) is 0.364. The maximum Gasteiger partial charge on any atom is 0.453 e. The second-order valence-electron chi connectivity index (χ2n) is 3.10. The van der Waals surface area contributed by atoms with Crippen molar-refractivity contribution >= 4 is 29.9 Å². The molecule has 0 fully saturated rings. The Kier molecular flexibility index (Phi) is 6.06. The van der Waals surface area contributed by atoms with E-state index in [-0.39, 0.29) is 0 Å². The fourth-order valence-corrected chi connectivity index (χ4v) is 2.52. The Morgan fingerprint density at radius 3 is 2.24 bits per heavy atom. The van der Waals surface area contributed by atoms with Gasteiger partial charge in [0, 0.05) is 10.7 Å². The van der Waals surface area contributed by atoms with Gasteiger partial charge in [-0.25, -0.2) is 4.57 Å². The predicted molar refractivity (Wildman–Crippen MR) is 72.6 cm³/mol. The summed E-state index contributed by atoms with van der Waals surface area (Å²) in [6, 6.07) is 7.48. The molecule has 6 heteroatoms. The predicted octanol–water partition coefficient (Wildman–Crippen LogP) is 4.05. The third-order valence-electron chi connectivity index (χ3n) is 1.80. The molecule has 0 aliphatic heterocycles. The summed E-state index contributed by atoms with van der Waals surface area (Å²) in [6.07, 6.45) is 1.50. The number of hydrogen-bond acceptors (Lipinski definition) is 3. The van der Waals surface area contributed by atoms with Crippen molar-refractivity contribution in [2.45, 2.75) is 13.8 Å². The summed E-state index contributed by atoms with van der Waals surface area (Å²) in [5.41, 5.74) is 0.841. The SMILES string of the molecule is CCOP(=O)(N=Cc1ccc(Br)cc1)OCC. The van der Waals surface area contributed by atoms with Crippen molar-refractivity contribution in [3.8, 4) is 0 Å². The molecule has 94 valence electrons. The summed E-state index contributed by atoms with van der Waals surface area (Å²) >= 11 is 3.34. The van der Waals surface area contributed by atoms with Crippen molar-refractivity contribution in [3.63, 3.8) is 0 Å². The molecule has 0 saturated carbocycles. The van der Waals surface area contributed by atoms with Crippen LogP contribution >= 0.6 is 23.7 Å². The molecule has 0 spiro atoms. The topological polar surface area (TPSA) is 47.9 Å². The highest BCUT2D eigenvalue weighted by Crippen LogP contribution is 2.49. The Hall–Kier alpha value is -0.480. The number of rotatable bonds is 6. The van der Waals surface area contributed by atoms with Gasteiger partial charge in [0.25, 0.3) is 0 Å². The van der Waals surface area contributed by atoms with Crippen LogP contribution in [0.25, 0.3) is 0 Å². The molecule has 0 amide bonds. The van der Waals surface area contributed by atoms with E-state index in [0.29, 0.717) is 13.2 Å². The second kappa shape index (κ2) is 7.07. The van der Waals surface area contributed by atoms with Crippen LogP contribution < -0.4 is 0 Å². The second-order valence-corrected chi connectivity index (χ2v) is 5.70. The van der Waals surface area contributed by atoms with Crippen molar-refractivity contribution in [1.29, 1.82) is 0 Å². The molecule has 17 heavy (non-hydrogen) atoms. The maximum atomic E-state index is 12.0. The molecule has 0 N–H and O–H groups in total. The van der Waals surface area contributed by atoms with E-state index in [1.54, 1.807) is 13.8 Å². The molecule has 1 rings (SSSR count). The van der Waals surface area contributed by atoms with E-state index in [0.717, 1.165) is 10.0 Å². The van der Waals surface area contributed by atoms with E-state index in [9.17, 15) is 4.57 Å². The van der Waals surface area contributed by atoms with Crippen LogP contribution in [0.5, 0.6) is 0 Å². The highest BCUT2D eigenvalue weighted by molar-refractivity contribution is 9.10. The Morgan fingerprint density at radius 1 is 1.24 bits per heavy atom. The molecule has 0 saturated heterocycles. The number of hydrogen-bond donors (Lipinski definition) is 0. The summed E-state index contributed by atoms with van der Waals surface area (Å²) in [5, 5.41) is 0. The minimum absolute atomic E-state index is 0.301. The van der Waals surface area contributed by atoms with Crippen LogP contribution in [0.15, 0.2) is 33.5 Å². The Bertz CT molecular complexity index is 409. The third-order valence-corrected chi connectivity index (χ3v) is 3.90. The average Bonchev–Trinajstić information content (AvgIpc) is 2.29. The summed E-state index contributed by atoms with van der Waals surface area (Å²) < 4.78 is 27.0. The number of nitrogens with zero attached hydrogens (tertiary/aromatic N) is 1. The first-order chi connectivity index (χ1) is 8.09. The van der Waals surface area contributed by atoms with Gasteiger partial charge in [-0.15, -0.1) is 0 Å². The molecule has 4 nitrogen and oxygen atoms in total. The van der Waals surface area contributed by atoms with Crippen LogP contribution in [-0.2, 0) is 13.6 Å². The van der Waals surface area contributed by atoms with Gasteiger partial charge in [-0.3, -0.25) is 9.05 Å². The van der Waals surface area contributed by atoms with Crippen LogP contribution in [0.3, 0.4) is 0 Å². The van der Waals surface area contributed by atoms with Crippen molar-refractivity contribution in [2.75, 3.05) is 13.2 Å². The maximum absolute atomic E-state index is 12.0. The first kappa shape index (κ1) is 14.6. The lowest BCUT2D eigenvalue weighted by Crippen LogP contribution is -1.94. The minimum atomic E-state index is -3.34. The van der Waals surface area contributed by atoms with Gasteiger partial charge in [0.1, 0.15) is 0 Å². The molecule has 1 aromatic rings. The van der Waals surface area contributed by atoms with Crippen LogP contribution in [0.2, 0.25) is 0 Å². The number of benzene rings is 1. The summed E-state index contributed by atoms with van der Waals surface area (Å²) in [5.74, 6) is 0. The summed E-state index contributed by atoms with van der Waals surface area (Å²) in [4.78, 5) is 0. The fourth-order valence-electron chi connectivity index (χ4n) is 1.12. The summed E-state index contributed by atoms with van der Waals surface area (Å²) in [7, 11) is -3.34. The van der Waals surface area contributed by atoms with Gasteiger partial charge in [-0.05, 0) is 31.5 Å². The monoisotopic (exact) mass is 319 g/mol. The van der Waals surface area contributed by atoms with Crippen LogP contribution in [0, 0.1) is 0 Å². The van der Waals surface area contributed by atoms with Gasteiger partial charge in [0.15, 0.2) is 0 Å². The first-order valence-electron chi connectivity index (χ1n) is 5.30. The van der Waals surface area contributed by atoms with E-state index in [2.05, 4.69) is 20.7 Å². The summed E-state index contributed by atoms with van der Waals surface area (Å²) in [6.45, 7) is 4.10. The van der Waals surface area contributed by atoms with Gasteiger partial charge in [-0.1, -0.05) is 28.1 Å². The Morgan fingerprint density at radius 2 is 1.76 bits per heavy atom. The molecule has 0 radical (unpaired) electrons. The van der Waals surface area contributed by atoms with E-state index in [1.165, 1.54) is 6.21 Å². The van der Waals surface area contributed by atoms with Crippen molar-refractivity contribution in [3.05, 3.63) is 34.3 Å². The Balaban J connectivity index is 2.79. The van der Waals surface area contributed by atoms with E-state index >= 15 is 0 Å². The standard InChI is InChI=1S/C11H15BrNO3P/c1-3-15-17(14,16-4-2)13-9-10-5-7-11(12)8-6-10/h5-9H,3-4H2,1-2H3. The van der Waals surface area contributed by atoms with Gasteiger partial charge in [0.2, 0.25) is 0 Å². The molecule has 0 atom stereocenters. The minimum Gasteiger partial charge on any atom is -0.291 e. The smallest absolute Gasteiger partial charge is 0.291 e. The van der Waals surface area contributed by atoms with Gasteiger partial charge < -0.3 is 0 Å². The molecule has 0 bridgehead atoms. The lowest BCUT2D eigenvalue weighted by molar-refractivity contribution is 0.221. The van der Waals surface area contributed by atoms with Gasteiger partial charge in [-0.2, -0.15) is 4.76 Å². The van der Waals surface area contributed by atoms with E-state index in [1.807, 2.05) is 24.3 Å². The first-order valence-corrected chi connectivity index (χ1v) is 7.58. The lowest BCUT2D eigenvalue weighted by Gasteiger charge is -2.10. The zero-order chi connectivity index (χ0) is 12.7. The van der Waals surface area contributed by atoms with E-state index in [4.69, 9.17) is 9.05 Å². The number of halogens is 1. The molecule has 0 unspecified atom stereocenters. The molecule has 0 aliphatic carbocycles.